The molecule has 134 valence electrons. The molecule has 0 bridgehead atoms. The largest absolute Gasteiger partial charge is 0.394 e. The number of benzene rings is 1. The fourth-order valence-electron chi connectivity index (χ4n) is 2.14. The van der Waals surface area contributed by atoms with Gasteiger partial charge in [-0.1, -0.05) is 0 Å². The number of aliphatic hydroxyl groups is 4. The van der Waals surface area contributed by atoms with Crippen LogP contribution < -0.4 is 5.32 Å². The Hall–Kier alpha value is -1.30. The molecule has 5 atom stereocenters. The van der Waals surface area contributed by atoms with E-state index >= 15 is 0 Å². The lowest BCUT2D eigenvalue weighted by Gasteiger charge is -2.39. The van der Waals surface area contributed by atoms with Gasteiger partial charge in [-0.3, -0.25) is 4.79 Å². The van der Waals surface area contributed by atoms with Gasteiger partial charge >= 0.3 is 0 Å². The van der Waals surface area contributed by atoms with Crippen LogP contribution in [-0.4, -0.2) is 68.5 Å². The molecule has 24 heavy (non-hydrogen) atoms. The zero-order valence-electron chi connectivity index (χ0n) is 12.3. The number of rotatable bonds is 5. The van der Waals surface area contributed by atoms with Gasteiger partial charge in [0.25, 0.3) is 0 Å². The summed E-state index contributed by atoms with van der Waals surface area (Å²) in [6.45, 7) is -0.574. The summed E-state index contributed by atoms with van der Waals surface area (Å²) in [5.74, 6) is -2.61. The number of nitrogens with one attached hydrogen (secondary N) is 1. The van der Waals surface area contributed by atoms with E-state index in [0.29, 0.717) is 6.07 Å². The molecule has 0 saturated carbocycles. The van der Waals surface area contributed by atoms with Gasteiger partial charge in [-0.25, -0.2) is 8.78 Å². The first-order chi connectivity index (χ1) is 11.3. The maximum atomic E-state index is 13.4. The third kappa shape index (κ3) is 4.41. The summed E-state index contributed by atoms with van der Waals surface area (Å²) in [6.07, 6.45) is -5.56. The van der Waals surface area contributed by atoms with E-state index in [1.54, 1.807) is 0 Å². The molecule has 1 aliphatic heterocycles. The maximum absolute atomic E-state index is 13.4. The summed E-state index contributed by atoms with van der Waals surface area (Å²) >= 11 is 0.804. The van der Waals surface area contributed by atoms with Crippen LogP contribution in [0.1, 0.15) is 0 Å². The summed E-state index contributed by atoms with van der Waals surface area (Å²) in [7, 11) is 0. The van der Waals surface area contributed by atoms with Crippen molar-refractivity contribution in [2.75, 3.05) is 17.7 Å². The molecule has 0 aromatic heterocycles. The van der Waals surface area contributed by atoms with Crippen molar-refractivity contribution < 1.29 is 38.7 Å². The van der Waals surface area contributed by atoms with Crippen molar-refractivity contribution >= 4 is 23.4 Å². The molecule has 7 nitrogen and oxygen atoms in total. The predicted octanol–water partition coefficient (Wildman–Crippen LogP) is -0.564. The van der Waals surface area contributed by atoms with Gasteiger partial charge in [0.05, 0.1) is 18.0 Å². The van der Waals surface area contributed by atoms with E-state index < -0.39 is 54.0 Å². The van der Waals surface area contributed by atoms with Crippen molar-refractivity contribution in [2.24, 2.45) is 0 Å². The molecule has 1 fully saturated rings. The molecule has 1 heterocycles. The standard InChI is InChI=1S/C14H17F2NO6S/c15-6-1-2-8(7(16)3-6)17-10(19)5-24-14-13(22)12(21)11(20)9(4-18)23-14/h1-3,9,11-14,18,20-22H,4-5H2,(H,17,19)/t9-,11-,12+,13-,14+/m1/s1. The zero-order valence-corrected chi connectivity index (χ0v) is 13.1. The third-order valence-corrected chi connectivity index (χ3v) is 4.58. The lowest BCUT2D eigenvalue weighted by Crippen LogP contribution is -2.57. The number of thioether (sulfide) groups is 1. The molecule has 0 aliphatic carbocycles. The minimum Gasteiger partial charge on any atom is -0.394 e. The molecular formula is C14H17F2NO6S. The van der Waals surface area contributed by atoms with Crippen molar-refractivity contribution in [1.29, 1.82) is 0 Å². The van der Waals surface area contributed by atoms with Gasteiger partial charge in [-0.05, 0) is 12.1 Å². The molecular weight excluding hydrogens is 348 g/mol. The van der Waals surface area contributed by atoms with Crippen LogP contribution in [0.5, 0.6) is 0 Å². The second kappa shape index (κ2) is 8.19. The molecule has 1 saturated heterocycles. The fraction of sp³-hybridized carbons (Fsp3) is 0.500. The van der Waals surface area contributed by atoms with E-state index in [0.717, 1.165) is 23.9 Å². The Morgan fingerprint density at radius 2 is 1.92 bits per heavy atom. The van der Waals surface area contributed by atoms with Crippen LogP contribution in [0, 0.1) is 11.6 Å². The number of anilines is 1. The average Bonchev–Trinajstić information content (AvgIpc) is 2.55. The van der Waals surface area contributed by atoms with Crippen molar-refractivity contribution in [3.63, 3.8) is 0 Å². The Labute approximate surface area is 140 Å². The van der Waals surface area contributed by atoms with Crippen LogP contribution >= 0.6 is 11.8 Å². The van der Waals surface area contributed by atoms with Crippen molar-refractivity contribution in [2.45, 2.75) is 29.9 Å². The molecule has 10 heteroatoms. The number of ether oxygens (including phenoxy) is 1. The van der Waals surface area contributed by atoms with Gasteiger partial charge in [0.15, 0.2) is 0 Å². The Kier molecular flexibility index (Phi) is 6.49. The summed E-state index contributed by atoms with van der Waals surface area (Å²) in [5.41, 5.74) is -1.26. The highest BCUT2D eigenvalue weighted by Crippen LogP contribution is 2.28. The second-order valence-corrected chi connectivity index (χ2v) is 6.27. The van der Waals surface area contributed by atoms with E-state index in [1.165, 1.54) is 0 Å². The topological polar surface area (TPSA) is 119 Å². The zero-order chi connectivity index (χ0) is 17.9. The predicted molar refractivity (Wildman–Crippen MR) is 81.2 cm³/mol. The number of hydrogen-bond donors (Lipinski definition) is 5. The van der Waals surface area contributed by atoms with Crippen LogP contribution in [0.2, 0.25) is 0 Å². The van der Waals surface area contributed by atoms with Crippen LogP contribution in [-0.2, 0) is 9.53 Å². The molecule has 2 rings (SSSR count). The number of amides is 1. The third-order valence-electron chi connectivity index (χ3n) is 3.43. The molecule has 1 aliphatic rings. The average molecular weight is 365 g/mol. The van der Waals surface area contributed by atoms with Crippen molar-refractivity contribution in [3.05, 3.63) is 29.8 Å². The van der Waals surface area contributed by atoms with E-state index in [2.05, 4.69) is 5.32 Å². The number of hydrogen-bond acceptors (Lipinski definition) is 7. The summed E-state index contributed by atoms with van der Waals surface area (Å²) in [4.78, 5) is 11.8. The Balaban J connectivity index is 1.91. The molecule has 0 spiro atoms. The van der Waals surface area contributed by atoms with Gasteiger partial charge < -0.3 is 30.5 Å². The van der Waals surface area contributed by atoms with E-state index in [4.69, 9.17) is 9.84 Å². The molecule has 1 aromatic carbocycles. The highest BCUT2D eigenvalue weighted by molar-refractivity contribution is 8.00. The highest BCUT2D eigenvalue weighted by Gasteiger charge is 2.43. The Bertz CT molecular complexity index is 590. The highest BCUT2D eigenvalue weighted by atomic mass is 32.2. The molecule has 1 amide bonds. The van der Waals surface area contributed by atoms with E-state index in [9.17, 15) is 28.9 Å². The quantitative estimate of drug-likeness (QED) is 0.474. The minimum absolute atomic E-state index is 0.198. The SMILES string of the molecule is O=C(CS[C@@H]1O[C@H](CO)[C@@H](O)[C@H](O)[C@H]1O)Nc1ccc(F)cc1F. The molecule has 5 N–H and O–H groups in total. The van der Waals surface area contributed by atoms with Gasteiger partial charge in [-0.15, -0.1) is 11.8 Å². The van der Waals surface area contributed by atoms with E-state index in [-0.39, 0.29) is 11.4 Å². The van der Waals surface area contributed by atoms with Crippen molar-refractivity contribution in [3.8, 4) is 0 Å². The smallest absolute Gasteiger partial charge is 0.234 e. The monoisotopic (exact) mass is 365 g/mol. The maximum Gasteiger partial charge on any atom is 0.234 e. The first kappa shape index (κ1) is 19.0. The van der Waals surface area contributed by atoms with Gasteiger partial charge in [0, 0.05) is 6.07 Å². The lowest BCUT2D eigenvalue weighted by molar-refractivity contribution is -0.205. The number of carbonyl (C=O) groups is 1. The first-order valence-electron chi connectivity index (χ1n) is 7.00. The van der Waals surface area contributed by atoms with Crippen LogP contribution in [0.25, 0.3) is 0 Å². The number of aliphatic hydroxyl groups excluding tert-OH is 4. The first-order valence-corrected chi connectivity index (χ1v) is 8.05. The van der Waals surface area contributed by atoms with Gasteiger partial charge in [-0.2, -0.15) is 0 Å². The summed E-state index contributed by atoms with van der Waals surface area (Å²) < 4.78 is 31.5. The van der Waals surface area contributed by atoms with Crippen LogP contribution in [0.3, 0.4) is 0 Å². The summed E-state index contributed by atoms with van der Waals surface area (Å²) in [5, 5.41) is 40.4. The lowest BCUT2D eigenvalue weighted by atomic mass is 10.0. The molecule has 0 radical (unpaired) electrons. The fourth-order valence-corrected chi connectivity index (χ4v) is 3.11. The van der Waals surface area contributed by atoms with Crippen LogP contribution in [0.15, 0.2) is 18.2 Å². The molecule has 1 aromatic rings. The Morgan fingerprint density at radius 1 is 1.21 bits per heavy atom. The van der Waals surface area contributed by atoms with Crippen LogP contribution in [0.4, 0.5) is 14.5 Å². The Morgan fingerprint density at radius 3 is 2.54 bits per heavy atom. The van der Waals surface area contributed by atoms with Crippen molar-refractivity contribution in [1.82, 2.24) is 0 Å². The van der Waals surface area contributed by atoms with Gasteiger partial charge in [0.1, 0.15) is 41.5 Å². The number of halogens is 2. The molecule has 0 unspecified atom stereocenters. The van der Waals surface area contributed by atoms with Gasteiger partial charge in [0.2, 0.25) is 5.91 Å². The second-order valence-electron chi connectivity index (χ2n) is 5.18. The van der Waals surface area contributed by atoms with E-state index in [1.807, 2.05) is 0 Å². The normalized spacial score (nSPS) is 30.2. The summed E-state index contributed by atoms with van der Waals surface area (Å²) in [6, 6.07) is 2.69. The number of carbonyl (C=O) groups excluding carboxylic acids is 1. The minimum atomic E-state index is -1.54.